The molecule has 0 radical (unpaired) electrons. The van der Waals surface area contributed by atoms with E-state index in [1.165, 1.54) is 28.1 Å². The first-order chi connectivity index (χ1) is 11.6. The van der Waals surface area contributed by atoms with Crippen molar-refractivity contribution in [3.63, 3.8) is 0 Å². The third kappa shape index (κ3) is 4.25. The zero-order valence-electron chi connectivity index (χ0n) is 15.8. The summed E-state index contributed by atoms with van der Waals surface area (Å²) in [6.07, 6.45) is 11.1. The molecule has 0 N–H and O–H groups in total. The van der Waals surface area contributed by atoms with Gasteiger partial charge in [-0.25, -0.2) is 4.58 Å². The summed E-state index contributed by atoms with van der Waals surface area (Å²) in [4.78, 5) is 2.38. The summed E-state index contributed by atoms with van der Waals surface area (Å²) < 4.78 is 2.37. The van der Waals surface area contributed by atoms with Crippen molar-refractivity contribution in [1.82, 2.24) is 0 Å². The number of allylic oxidation sites excluding steroid dienone is 5. The summed E-state index contributed by atoms with van der Waals surface area (Å²) in [6, 6.07) is 6.76. The first kappa shape index (κ1) is 18.3. The largest absolute Gasteiger partial charge is 0.372 e. The van der Waals surface area contributed by atoms with Crippen molar-refractivity contribution in [2.24, 2.45) is 0 Å². The summed E-state index contributed by atoms with van der Waals surface area (Å²) in [5.41, 5.74) is 6.48. The first-order valence-corrected chi connectivity index (χ1v) is 9.18. The van der Waals surface area contributed by atoms with E-state index in [0.717, 1.165) is 26.2 Å². The molecule has 0 saturated carbocycles. The number of hydrogen-bond donors (Lipinski definition) is 0. The fraction of sp³-hybridized carbons (Fsp3) is 0.409. The van der Waals surface area contributed by atoms with E-state index in [0.29, 0.717) is 0 Å². The quantitative estimate of drug-likeness (QED) is 0.679. The Bertz CT molecular complexity index is 662. The lowest BCUT2D eigenvalue weighted by molar-refractivity contribution is -0.519. The van der Waals surface area contributed by atoms with Crippen molar-refractivity contribution < 1.29 is 4.58 Å². The van der Waals surface area contributed by atoms with Gasteiger partial charge in [-0.3, -0.25) is 0 Å². The minimum absolute atomic E-state index is 1.05. The van der Waals surface area contributed by atoms with Crippen LogP contribution in [-0.2, 0) is 0 Å². The van der Waals surface area contributed by atoms with Gasteiger partial charge in [-0.15, -0.1) is 0 Å². The second-order valence-electron chi connectivity index (χ2n) is 6.12. The molecule has 0 spiro atoms. The van der Waals surface area contributed by atoms with Gasteiger partial charge in [0.1, 0.15) is 13.1 Å². The lowest BCUT2D eigenvalue weighted by atomic mass is 10.0. The fourth-order valence-electron chi connectivity index (χ4n) is 3.16. The van der Waals surface area contributed by atoms with Crippen LogP contribution in [0.1, 0.15) is 38.8 Å². The smallest absolute Gasteiger partial charge is 0.199 e. The topological polar surface area (TPSA) is 6.25 Å². The molecule has 24 heavy (non-hydrogen) atoms. The minimum Gasteiger partial charge on any atom is -0.372 e. The molecular formula is C22H31N2+. The predicted octanol–water partition coefficient (Wildman–Crippen LogP) is 4.84. The van der Waals surface area contributed by atoms with E-state index in [1.807, 2.05) is 0 Å². The van der Waals surface area contributed by atoms with Crippen molar-refractivity contribution >= 4 is 17.5 Å². The summed E-state index contributed by atoms with van der Waals surface area (Å²) in [5.74, 6) is 0. The van der Waals surface area contributed by atoms with Crippen molar-refractivity contribution in [1.29, 1.82) is 0 Å². The molecule has 1 aliphatic carbocycles. The lowest BCUT2D eigenvalue weighted by Gasteiger charge is -2.22. The van der Waals surface area contributed by atoms with E-state index in [4.69, 9.17) is 0 Å². The molecule has 1 aromatic rings. The Morgan fingerprint density at radius 1 is 0.917 bits per heavy atom. The maximum absolute atomic E-state index is 2.38. The standard InChI is InChI=1S/C22H31N2/c1-6-23(7-2)21-13-10-19(11-14-21)17-20-12-15-22(16-18(20)5)24(8-3)9-4/h10-17H,6-9H2,1-5H3/q+1. The molecule has 0 unspecified atom stereocenters. The van der Waals surface area contributed by atoms with Crippen LogP contribution in [0.3, 0.4) is 0 Å². The monoisotopic (exact) mass is 323 g/mol. The van der Waals surface area contributed by atoms with Gasteiger partial charge in [0.2, 0.25) is 0 Å². The van der Waals surface area contributed by atoms with Crippen LogP contribution in [0.15, 0.2) is 48.1 Å². The first-order valence-electron chi connectivity index (χ1n) is 9.18. The molecule has 2 nitrogen and oxygen atoms in total. The van der Waals surface area contributed by atoms with Crippen LogP contribution in [0, 0.1) is 6.92 Å². The zero-order valence-corrected chi connectivity index (χ0v) is 15.8. The van der Waals surface area contributed by atoms with Crippen LogP contribution in [0.5, 0.6) is 0 Å². The number of anilines is 1. The maximum Gasteiger partial charge on any atom is 0.199 e. The van der Waals surface area contributed by atoms with Gasteiger partial charge < -0.3 is 4.90 Å². The Balaban J connectivity index is 2.23. The van der Waals surface area contributed by atoms with Crippen molar-refractivity contribution in [2.45, 2.75) is 34.6 Å². The SMILES string of the molecule is CCN(CC)c1ccc(C=C2C=CC(=[N+](CC)CC)C=C2)c(C)c1. The third-order valence-corrected chi connectivity index (χ3v) is 4.73. The Morgan fingerprint density at radius 3 is 2.04 bits per heavy atom. The molecule has 1 aromatic carbocycles. The number of rotatable bonds is 6. The highest BCUT2D eigenvalue weighted by Gasteiger charge is 2.09. The number of nitrogens with zero attached hydrogens (tertiary/aromatic N) is 2. The molecule has 0 atom stereocenters. The number of benzene rings is 1. The second kappa shape index (κ2) is 8.68. The molecular weight excluding hydrogens is 292 g/mol. The Hall–Kier alpha value is -2.09. The molecule has 1 aliphatic rings. The van der Waals surface area contributed by atoms with E-state index in [9.17, 15) is 0 Å². The summed E-state index contributed by atoms with van der Waals surface area (Å²) in [7, 11) is 0. The zero-order chi connectivity index (χ0) is 17.5. The van der Waals surface area contributed by atoms with Crippen LogP contribution in [0.25, 0.3) is 6.08 Å². The highest BCUT2D eigenvalue weighted by atomic mass is 15.1. The van der Waals surface area contributed by atoms with Gasteiger partial charge >= 0.3 is 0 Å². The van der Waals surface area contributed by atoms with Crippen LogP contribution in [0.2, 0.25) is 0 Å². The van der Waals surface area contributed by atoms with Crippen LogP contribution >= 0.6 is 0 Å². The third-order valence-electron chi connectivity index (χ3n) is 4.73. The van der Waals surface area contributed by atoms with E-state index in [2.05, 4.69) is 92.7 Å². The van der Waals surface area contributed by atoms with Gasteiger partial charge in [0.05, 0.1) is 0 Å². The summed E-state index contributed by atoms with van der Waals surface area (Å²) in [6.45, 7) is 15.2. The highest BCUT2D eigenvalue weighted by molar-refractivity contribution is 6.02. The Kier molecular flexibility index (Phi) is 6.60. The average molecular weight is 324 g/mol. The Labute approximate surface area is 147 Å². The van der Waals surface area contributed by atoms with E-state index in [1.54, 1.807) is 0 Å². The lowest BCUT2D eigenvalue weighted by Crippen LogP contribution is -2.21. The molecule has 0 fully saturated rings. The van der Waals surface area contributed by atoms with Crippen molar-refractivity contribution in [3.05, 3.63) is 59.2 Å². The molecule has 0 aliphatic heterocycles. The van der Waals surface area contributed by atoms with E-state index in [-0.39, 0.29) is 0 Å². The molecule has 2 rings (SSSR count). The summed E-state index contributed by atoms with van der Waals surface area (Å²) in [5, 5.41) is 0. The second-order valence-corrected chi connectivity index (χ2v) is 6.12. The van der Waals surface area contributed by atoms with E-state index < -0.39 is 0 Å². The molecule has 0 bridgehead atoms. The Morgan fingerprint density at radius 2 is 1.54 bits per heavy atom. The molecule has 128 valence electrons. The highest BCUT2D eigenvalue weighted by Crippen LogP contribution is 2.22. The number of hydrogen-bond acceptors (Lipinski definition) is 1. The molecule has 0 saturated heterocycles. The number of aryl methyl sites for hydroxylation is 1. The van der Waals surface area contributed by atoms with Gasteiger partial charge in [-0.2, -0.15) is 0 Å². The molecule has 0 amide bonds. The van der Waals surface area contributed by atoms with E-state index >= 15 is 0 Å². The van der Waals surface area contributed by atoms with Gasteiger partial charge in [0.15, 0.2) is 5.71 Å². The van der Waals surface area contributed by atoms with Crippen LogP contribution in [0.4, 0.5) is 5.69 Å². The maximum atomic E-state index is 2.38. The normalized spacial score (nSPS) is 13.4. The fourth-order valence-corrected chi connectivity index (χ4v) is 3.16. The van der Waals surface area contributed by atoms with Gasteiger partial charge in [0, 0.05) is 30.9 Å². The van der Waals surface area contributed by atoms with Crippen molar-refractivity contribution in [3.8, 4) is 0 Å². The molecule has 2 heteroatoms. The van der Waals surface area contributed by atoms with Crippen LogP contribution in [-0.4, -0.2) is 36.5 Å². The van der Waals surface area contributed by atoms with Gasteiger partial charge in [0.25, 0.3) is 0 Å². The van der Waals surface area contributed by atoms with Gasteiger partial charge in [-0.05, 0) is 81.7 Å². The van der Waals surface area contributed by atoms with Crippen molar-refractivity contribution in [2.75, 3.05) is 31.1 Å². The molecule has 0 aromatic heterocycles. The minimum atomic E-state index is 1.05. The van der Waals surface area contributed by atoms with Crippen LogP contribution < -0.4 is 4.90 Å². The summed E-state index contributed by atoms with van der Waals surface area (Å²) >= 11 is 0. The van der Waals surface area contributed by atoms with Gasteiger partial charge in [-0.1, -0.05) is 6.07 Å². The molecule has 0 heterocycles. The predicted molar refractivity (Wildman–Crippen MR) is 107 cm³/mol. The average Bonchev–Trinajstić information content (AvgIpc) is 2.61.